The summed E-state index contributed by atoms with van der Waals surface area (Å²) in [4.78, 5) is 8.02. The van der Waals surface area contributed by atoms with Gasteiger partial charge in [-0.05, 0) is 36.9 Å². The van der Waals surface area contributed by atoms with Crippen molar-refractivity contribution in [1.82, 2.24) is 15.0 Å². The van der Waals surface area contributed by atoms with E-state index in [4.69, 9.17) is 4.52 Å². The summed E-state index contributed by atoms with van der Waals surface area (Å²) in [6.07, 6.45) is 0.872. The van der Waals surface area contributed by atoms with Crippen molar-refractivity contribution in [3.8, 4) is 0 Å². The summed E-state index contributed by atoms with van der Waals surface area (Å²) >= 11 is 1.79. The van der Waals surface area contributed by atoms with Crippen LogP contribution >= 0.6 is 11.3 Å². The van der Waals surface area contributed by atoms with Gasteiger partial charge < -0.3 is 4.52 Å². The van der Waals surface area contributed by atoms with Crippen LogP contribution in [-0.2, 0) is 19.5 Å². The molecule has 0 amide bonds. The van der Waals surface area contributed by atoms with E-state index in [9.17, 15) is 0 Å². The topological polar surface area (TPSA) is 42.2 Å². The Bertz CT molecular complexity index is 518. The monoisotopic (exact) mass is 279 g/mol. The molecule has 0 spiro atoms. The highest BCUT2D eigenvalue weighted by atomic mass is 32.1. The van der Waals surface area contributed by atoms with Crippen LogP contribution in [0.4, 0.5) is 0 Å². The van der Waals surface area contributed by atoms with Crippen LogP contribution in [-0.4, -0.2) is 22.1 Å². The molecule has 0 radical (unpaired) electrons. The fourth-order valence-electron chi connectivity index (χ4n) is 1.90. The largest absolute Gasteiger partial charge is 0.338 e. The molecule has 0 saturated carbocycles. The van der Waals surface area contributed by atoms with E-state index >= 15 is 0 Å². The Morgan fingerprint density at radius 1 is 1.37 bits per heavy atom. The molecular formula is C14H21N3OS. The van der Waals surface area contributed by atoms with E-state index in [1.807, 2.05) is 0 Å². The molecule has 0 aliphatic carbocycles. The zero-order valence-electron chi connectivity index (χ0n) is 12.0. The van der Waals surface area contributed by atoms with Gasteiger partial charge in [-0.15, -0.1) is 11.3 Å². The number of nitrogens with zero attached hydrogens (tertiary/aromatic N) is 3. The molecule has 0 saturated heterocycles. The average molecular weight is 279 g/mol. The third-order valence-corrected chi connectivity index (χ3v) is 3.90. The standard InChI is InChI=1S/C14H21N3OS/c1-10(2)7-13-15-14(18-16-13)9-17(4)8-12-11(3)5-6-19-12/h5-6,10H,7-9H2,1-4H3. The van der Waals surface area contributed by atoms with Gasteiger partial charge in [0, 0.05) is 17.8 Å². The highest BCUT2D eigenvalue weighted by molar-refractivity contribution is 7.10. The zero-order valence-corrected chi connectivity index (χ0v) is 12.8. The Balaban J connectivity index is 1.90. The van der Waals surface area contributed by atoms with Crippen LogP contribution in [0.15, 0.2) is 16.0 Å². The van der Waals surface area contributed by atoms with Gasteiger partial charge in [0.15, 0.2) is 5.82 Å². The lowest BCUT2D eigenvalue weighted by atomic mass is 10.1. The van der Waals surface area contributed by atoms with E-state index < -0.39 is 0 Å². The first-order chi connectivity index (χ1) is 9.04. The Kier molecular flexibility index (Phi) is 4.71. The maximum atomic E-state index is 5.29. The minimum atomic E-state index is 0.553. The molecule has 2 heterocycles. The van der Waals surface area contributed by atoms with Crippen LogP contribution in [0.3, 0.4) is 0 Å². The molecule has 0 aliphatic heterocycles. The fraction of sp³-hybridized carbons (Fsp3) is 0.571. The lowest BCUT2D eigenvalue weighted by molar-refractivity contribution is 0.261. The molecule has 4 nitrogen and oxygen atoms in total. The van der Waals surface area contributed by atoms with Crippen LogP contribution in [0.25, 0.3) is 0 Å². The Morgan fingerprint density at radius 3 is 2.79 bits per heavy atom. The lowest BCUT2D eigenvalue weighted by Crippen LogP contribution is -2.17. The van der Waals surface area contributed by atoms with E-state index in [2.05, 4.69) is 54.3 Å². The van der Waals surface area contributed by atoms with Gasteiger partial charge in [-0.1, -0.05) is 19.0 Å². The minimum absolute atomic E-state index is 0.553. The fourth-order valence-corrected chi connectivity index (χ4v) is 2.89. The molecule has 5 heteroatoms. The van der Waals surface area contributed by atoms with E-state index in [-0.39, 0.29) is 0 Å². The zero-order chi connectivity index (χ0) is 13.8. The first-order valence-electron chi connectivity index (χ1n) is 6.57. The number of aromatic nitrogens is 2. The molecule has 0 aliphatic rings. The van der Waals surface area contributed by atoms with E-state index in [1.165, 1.54) is 10.4 Å². The van der Waals surface area contributed by atoms with Gasteiger partial charge in [-0.3, -0.25) is 4.90 Å². The predicted molar refractivity (Wildman–Crippen MR) is 77.1 cm³/mol. The first kappa shape index (κ1) is 14.2. The maximum absolute atomic E-state index is 5.29. The molecule has 2 rings (SSSR count). The summed E-state index contributed by atoms with van der Waals surface area (Å²) in [5.41, 5.74) is 1.35. The molecule has 2 aromatic heterocycles. The third kappa shape index (κ3) is 4.14. The first-order valence-corrected chi connectivity index (χ1v) is 7.45. The second kappa shape index (κ2) is 6.30. The van der Waals surface area contributed by atoms with Crippen LogP contribution in [0.5, 0.6) is 0 Å². The summed E-state index contributed by atoms with van der Waals surface area (Å²) in [5.74, 6) is 2.06. The molecule has 19 heavy (non-hydrogen) atoms. The maximum Gasteiger partial charge on any atom is 0.240 e. The minimum Gasteiger partial charge on any atom is -0.338 e. The molecular weight excluding hydrogens is 258 g/mol. The van der Waals surface area contributed by atoms with Crippen molar-refractivity contribution in [2.45, 2.75) is 40.3 Å². The van der Waals surface area contributed by atoms with Crippen molar-refractivity contribution in [3.63, 3.8) is 0 Å². The number of thiophene rings is 1. The van der Waals surface area contributed by atoms with Crippen LogP contribution in [0.2, 0.25) is 0 Å². The highest BCUT2D eigenvalue weighted by Crippen LogP contribution is 2.18. The van der Waals surface area contributed by atoms with Gasteiger partial charge in [0.25, 0.3) is 0 Å². The smallest absolute Gasteiger partial charge is 0.240 e. The Morgan fingerprint density at radius 2 is 2.16 bits per heavy atom. The second-order valence-corrected chi connectivity index (χ2v) is 6.40. The van der Waals surface area contributed by atoms with Gasteiger partial charge in [-0.25, -0.2) is 0 Å². The van der Waals surface area contributed by atoms with Crippen molar-refractivity contribution in [3.05, 3.63) is 33.6 Å². The summed E-state index contributed by atoms with van der Waals surface area (Å²) in [5, 5.41) is 6.14. The highest BCUT2D eigenvalue weighted by Gasteiger charge is 2.11. The van der Waals surface area contributed by atoms with Crippen molar-refractivity contribution >= 4 is 11.3 Å². The van der Waals surface area contributed by atoms with Gasteiger partial charge >= 0.3 is 0 Å². The number of rotatable bonds is 6. The average Bonchev–Trinajstić information content (AvgIpc) is 2.89. The molecule has 104 valence electrons. The van der Waals surface area contributed by atoms with Crippen molar-refractivity contribution in [1.29, 1.82) is 0 Å². The van der Waals surface area contributed by atoms with Crippen molar-refractivity contribution in [2.75, 3.05) is 7.05 Å². The van der Waals surface area contributed by atoms with Gasteiger partial charge in [0.05, 0.1) is 6.54 Å². The quantitative estimate of drug-likeness (QED) is 0.814. The second-order valence-electron chi connectivity index (χ2n) is 5.40. The summed E-state index contributed by atoms with van der Waals surface area (Å²) in [7, 11) is 2.07. The van der Waals surface area contributed by atoms with Crippen molar-refractivity contribution in [2.24, 2.45) is 5.92 Å². The van der Waals surface area contributed by atoms with Crippen molar-refractivity contribution < 1.29 is 4.52 Å². The molecule has 0 bridgehead atoms. The summed E-state index contributed by atoms with van der Waals surface area (Å²) in [6, 6.07) is 2.15. The van der Waals surface area contributed by atoms with Crippen LogP contribution in [0, 0.1) is 12.8 Å². The number of hydrogen-bond acceptors (Lipinski definition) is 5. The van der Waals surface area contributed by atoms with E-state index in [1.54, 1.807) is 11.3 Å². The van der Waals surface area contributed by atoms with E-state index in [0.29, 0.717) is 18.4 Å². The Hall–Kier alpha value is -1.20. The SMILES string of the molecule is Cc1ccsc1CN(C)Cc1nc(CC(C)C)no1. The van der Waals surface area contributed by atoms with Crippen LogP contribution in [0.1, 0.15) is 36.0 Å². The lowest BCUT2D eigenvalue weighted by Gasteiger charge is -2.13. The normalized spacial score (nSPS) is 11.7. The summed E-state index contributed by atoms with van der Waals surface area (Å²) < 4.78 is 5.29. The van der Waals surface area contributed by atoms with Gasteiger partial charge in [-0.2, -0.15) is 4.98 Å². The molecule has 0 aromatic carbocycles. The van der Waals surface area contributed by atoms with Gasteiger partial charge in [0.2, 0.25) is 5.89 Å². The molecule has 0 N–H and O–H groups in total. The van der Waals surface area contributed by atoms with Gasteiger partial charge in [0.1, 0.15) is 0 Å². The summed E-state index contributed by atoms with van der Waals surface area (Å²) in [6.45, 7) is 8.07. The molecule has 0 atom stereocenters. The molecule has 2 aromatic rings. The predicted octanol–water partition coefficient (Wildman–Crippen LogP) is 3.27. The Labute approximate surface area is 118 Å². The number of aryl methyl sites for hydroxylation is 1. The van der Waals surface area contributed by atoms with E-state index in [0.717, 1.165) is 18.8 Å². The number of hydrogen-bond donors (Lipinski definition) is 0. The van der Waals surface area contributed by atoms with Crippen LogP contribution < -0.4 is 0 Å². The molecule has 0 unspecified atom stereocenters. The third-order valence-electron chi connectivity index (χ3n) is 2.89. The molecule has 0 fully saturated rings.